The van der Waals surface area contributed by atoms with Gasteiger partial charge in [-0.15, -0.1) is 0 Å². The van der Waals surface area contributed by atoms with Gasteiger partial charge in [-0.05, 0) is 26.8 Å². The van der Waals surface area contributed by atoms with Crippen LogP contribution in [-0.4, -0.2) is 69.5 Å². The predicted molar refractivity (Wildman–Crippen MR) is 128 cm³/mol. The van der Waals surface area contributed by atoms with Gasteiger partial charge in [-0.25, -0.2) is 23.1 Å². The summed E-state index contributed by atoms with van der Waals surface area (Å²) in [6.45, 7) is 9.23. The third kappa shape index (κ3) is 5.58. The van der Waals surface area contributed by atoms with E-state index in [-0.39, 0.29) is 12.1 Å². The lowest BCUT2D eigenvalue weighted by Crippen LogP contribution is -2.72. The Morgan fingerprint density at radius 2 is 1.91 bits per heavy atom. The van der Waals surface area contributed by atoms with Crippen molar-refractivity contribution in [2.75, 3.05) is 38.0 Å². The number of likely N-dealkylation sites (tertiary alicyclic amines) is 2. The number of carbonyl (C=O) groups is 1. The molecule has 0 bridgehead atoms. The summed E-state index contributed by atoms with van der Waals surface area (Å²) in [5.41, 5.74) is 2.44. The third-order valence-corrected chi connectivity index (χ3v) is 6.33. The van der Waals surface area contributed by atoms with Crippen LogP contribution in [-0.2, 0) is 11.3 Å². The third-order valence-electron chi connectivity index (χ3n) is 6.33. The highest BCUT2D eigenvalue weighted by Gasteiger charge is 2.51. The highest BCUT2D eigenvalue weighted by atomic mass is 19.1. The molecule has 7 nitrogen and oxygen atoms in total. The number of nitrogens with one attached hydrogen (secondary N) is 1. The van der Waals surface area contributed by atoms with Crippen LogP contribution in [0.2, 0.25) is 0 Å². The molecule has 2 atom stereocenters. The predicted octanol–water partition coefficient (Wildman–Crippen LogP) is 3.94. The van der Waals surface area contributed by atoms with Crippen molar-refractivity contribution in [2.24, 2.45) is 5.41 Å². The van der Waals surface area contributed by atoms with Gasteiger partial charge in [0.2, 0.25) is 12.4 Å². The molecule has 2 unspecified atom stereocenters. The lowest BCUT2D eigenvalue weighted by molar-refractivity contribution is -0.147. The van der Waals surface area contributed by atoms with Crippen LogP contribution in [0, 0.1) is 18.2 Å². The normalized spacial score (nSPS) is 18.3. The number of rotatable bonds is 7. The summed E-state index contributed by atoms with van der Waals surface area (Å²) < 4.78 is 42.0. The second kappa shape index (κ2) is 10.2. The van der Waals surface area contributed by atoms with Crippen molar-refractivity contribution < 1.29 is 18.0 Å². The maximum Gasteiger partial charge on any atom is 0.209 e. The van der Waals surface area contributed by atoms with Gasteiger partial charge in [0.15, 0.2) is 0 Å². The number of aryl methyl sites for hydroxylation is 1. The fourth-order valence-electron chi connectivity index (χ4n) is 4.87. The summed E-state index contributed by atoms with van der Waals surface area (Å²) >= 11 is 0. The van der Waals surface area contributed by atoms with Crippen molar-refractivity contribution in [3.8, 4) is 0 Å². The highest BCUT2D eigenvalue weighted by Crippen LogP contribution is 2.38. The SMILES string of the molecule is CC(F)CN1CC2(CN(C=O)C2)C1.Cc1cn2c(NCc3cccc(C(C)F)c3F)nccc2n1. The summed E-state index contributed by atoms with van der Waals surface area (Å²) in [6, 6.07) is 6.54. The molecule has 2 aliphatic rings. The van der Waals surface area contributed by atoms with Crippen LogP contribution in [0.3, 0.4) is 0 Å². The molecule has 2 aromatic heterocycles. The zero-order valence-corrected chi connectivity index (χ0v) is 20.2. The molecule has 35 heavy (non-hydrogen) atoms. The molecule has 10 heteroatoms. The van der Waals surface area contributed by atoms with Gasteiger partial charge >= 0.3 is 0 Å². The first-order chi connectivity index (χ1) is 16.7. The summed E-state index contributed by atoms with van der Waals surface area (Å²) in [7, 11) is 0. The van der Waals surface area contributed by atoms with Crippen LogP contribution in [0.25, 0.3) is 5.65 Å². The molecule has 1 N–H and O–H groups in total. The Kier molecular flexibility index (Phi) is 7.30. The van der Waals surface area contributed by atoms with Gasteiger partial charge in [0.1, 0.15) is 23.8 Å². The molecule has 2 aliphatic heterocycles. The Hall–Kier alpha value is -3.14. The van der Waals surface area contributed by atoms with E-state index in [0.717, 1.165) is 43.9 Å². The van der Waals surface area contributed by atoms with Gasteiger partial charge in [-0.1, -0.05) is 18.2 Å². The quantitative estimate of drug-likeness (QED) is 0.511. The number of hydrogen-bond donors (Lipinski definition) is 1. The Morgan fingerprint density at radius 1 is 1.17 bits per heavy atom. The maximum absolute atomic E-state index is 14.2. The van der Waals surface area contributed by atoms with Crippen LogP contribution in [0.4, 0.5) is 19.1 Å². The molecule has 1 amide bonds. The molecule has 188 valence electrons. The minimum atomic E-state index is -1.34. The number of halogens is 3. The zero-order chi connectivity index (χ0) is 25.2. The number of nitrogens with zero attached hydrogens (tertiary/aromatic N) is 5. The standard InChI is InChI=1S/C16H16F2N4.C9H15FN2O/c1-10-9-22-14(21-10)6-7-19-16(22)20-8-12-4-3-5-13(11(2)17)15(12)18;1-8(10)2-11-3-9(4-11)5-12(6-9)7-13/h3-7,9,11H,8H2,1-2H3,(H,19,20);7-8H,2-6H2,1H3. The second-order valence-corrected chi connectivity index (χ2v) is 9.63. The molecule has 5 rings (SSSR count). The topological polar surface area (TPSA) is 65.8 Å². The average Bonchev–Trinajstić information content (AvgIpc) is 3.14. The molecule has 1 spiro atoms. The molecule has 4 heterocycles. The fourth-order valence-corrected chi connectivity index (χ4v) is 4.87. The number of fused-ring (bicyclic) bond motifs is 1. The Labute approximate surface area is 203 Å². The van der Waals surface area contributed by atoms with E-state index in [1.807, 2.05) is 13.1 Å². The van der Waals surface area contributed by atoms with Crippen LogP contribution in [0.1, 0.15) is 36.8 Å². The lowest BCUT2D eigenvalue weighted by Gasteiger charge is -2.59. The average molecular weight is 489 g/mol. The van der Waals surface area contributed by atoms with Crippen LogP contribution in [0.15, 0.2) is 36.7 Å². The van der Waals surface area contributed by atoms with Crippen LogP contribution >= 0.6 is 0 Å². The molecule has 0 radical (unpaired) electrons. The van der Waals surface area contributed by atoms with Crippen molar-refractivity contribution in [1.29, 1.82) is 0 Å². The summed E-state index contributed by atoms with van der Waals surface area (Å²) in [5, 5.41) is 3.07. The van der Waals surface area contributed by atoms with Crippen molar-refractivity contribution >= 4 is 18.0 Å². The first-order valence-electron chi connectivity index (χ1n) is 11.7. The van der Waals surface area contributed by atoms with Crippen molar-refractivity contribution in [3.05, 3.63) is 59.3 Å². The van der Waals surface area contributed by atoms with E-state index in [1.165, 1.54) is 13.0 Å². The molecular formula is C25H31F3N6O. The van der Waals surface area contributed by atoms with Gasteiger partial charge in [0.25, 0.3) is 0 Å². The number of aromatic nitrogens is 3. The molecule has 2 saturated heterocycles. The highest BCUT2D eigenvalue weighted by molar-refractivity contribution is 5.50. The maximum atomic E-state index is 14.2. The van der Waals surface area contributed by atoms with Gasteiger partial charge < -0.3 is 10.2 Å². The Bertz CT molecular complexity index is 1170. The minimum absolute atomic E-state index is 0.0731. The molecule has 0 saturated carbocycles. The first kappa shape index (κ1) is 25.0. The fraction of sp³-hybridized carbons (Fsp3) is 0.480. The largest absolute Gasteiger partial charge is 0.351 e. The lowest BCUT2D eigenvalue weighted by atomic mass is 9.73. The van der Waals surface area contributed by atoms with E-state index >= 15 is 0 Å². The number of carbonyl (C=O) groups excluding carboxylic acids is 1. The van der Waals surface area contributed by atoms with E-state index < -0.39 is 18.2 Å². The van der Waals surface area contributed by atoms with Gasteiger partial charge in [-0.2, -0.15) is 0 Å². The Balaban J connectivity index is 0.000000189. The van der Waals surface area contributed by atoms with Gasteiger partial charge in [0.05, 0.1) is 5.69 Å². The molecule has 2 fully saturated rings. The number of benzene rings is 1. The molecular weight excluding hydrogens is 457 g/mol. The van der Waals surface area contributed by atoms with E-state index in [2.05, 4.69) is 20.2 Å². The van der Waals surface area contributed by atoms with E-state index in [4.69, 9.17) is 0 Å². The van der Waals surface area contributed by atoms with Crippen molar-refractivity contribution in [2.45, 2.75) is 39.7 Å². The summed E-state index contributed by atoms with van der Waals surface area (Å²) in [6.07, 6.45) is 2.31. The first-order valence-corrected chi connectivity index (χ1v) is 11.7. The van der Waals surface area contributed by atoms with Crippen molar-refractivity contribution in [1.82, 2.24) is 24.2 Å². The van der Waals surface area contributed by atoms with Crippen LogP contribution < -0.4 is 5.32 Å². The monoisotopic (exact) mass is 488 g/mol. The molecule has 3 aromatic rings. The number of amides is 1. The van der Waals surface area contributed by atoms with Gasteiger partial charge in [-0.3, -0.25) is 14.1 Å². The van der Waals surface area contributed by atoms with E-state index in [9.17, 15) is 18.0 Å². The summed E-state index contributed by atoms with van der Waals surface area (Å²) in [5.74, 6) is 0.0511. The summed E-state index contributed by atoms with van der Waals surface area (Å²) in [4.78, 5) is 22.8. The van der Waals surface area contributed by atoms with Gasteiger partial charge in [0, 0.05) is 68.2 Å². The zero-order valence-electron chi connectivity index (χ0n) is 20.2. The van der Waals surface area contributed by atoms with Crippen LogP contribution in [0.5, 0.6) is 0 Å². The van der Waals surface area contributed by atoms with E-state index in [1.54, 1.807) is 40.6 Å². The van der Waals surface area contributed by atoms with Crippen molar-refractivity contribution in [3.63, 3.8) is 0 Å². The smallest absolute Gasteiger partial charge is 0.209 e. The number of anilines is 1. The number of hydrogen-bond acceptors (Lipinski definition) is 5. The van der Waals surface area contributed by atoms with E-state index in [0.29, 0.717) is 23.5 Å². The number of imidazole rings is 1. The molecule has 1 aromatic carbocycles. The molecule has 0 aliphatic carbocycles. The minimum Gasteiger partial charge on any atom is -0.351 e. The Morgan fingerprint density at radius 3 is 2.57 bits per heavy atom. The number of alkyl halides is 2. The second-order valence-electron chi connectivity index (χ2n) is 9.63.